The van der Waals surface area contributed by atoms with Crippen LogP contribution in [0, 0.1) is 5.82 Å². The first-order valence-corrected chi connectivity index (χ1v) is 7.98. The number of hydrogen-bond acceptors (Lipinski definition) is 4. The molecule has 1 aromatic rings. The van der Waals surface area contributed by atoms with E-state index in [2.05, 4.69) is 20.4 Å². The summed E-state index contributed by atoms with van der Waals surface area (Å²) < 4.78 is 13.0. The third-order valence-electron chi connectivity index (χ3n) is 4.45. The molecule has 2 saturated heterocycles. The number of piperazine rings is 1. The van der Waals surface area contributed by atoms with Crippen LogP contribution in [0.1, 0.15) is 6.42 Å². The predicted octanol–water partition coefficient (Wildman–Crippen LogP) is 0.899. The Hall–Kier alpha value is -1.17. The van der Waals surface area contributed by atoms with Gasteiger partial charge in [-0.3, -0.25) is 4.90 Å². The van der Waals surface area contributed by atoms with E-state index in [1.54, 1.807) is 12.1 Å². The Morgan fingerprint density at radius 1 is 1.14 bits per heavy atom. The van der Waals surface area contributed by atoms with Gasteiger partial charge in [0.1, 0.15) is 5.82 Å². The second-order valence-corrected chi connectivity index (χ2v) is 5.95. The molecule has 116 valence electrons. The van der Waals surface area contributed by atoms with Crippen molar-refractivity contribution < 1.29 is 4.39 Å². The summed E-state index contributed by atoms with van der Waals surface area (Å²) in [5.74, 6) is -0.163. The van der Waals surface area contributed by atoms with Crippen molar-refractivity contribution >= 4 is 5.69 Å². The molecule has 2 fully saturated rings. The Kier molecular flexibility index (Phi) is 5.06. The highest BCUT2D eigenvalue weighted by atomic mass is 19.1. The van der Waals surface area contributed by atoms with Crippen LogP contribution in [0.2, 0.25) is 0 Å². The lowest BCUT2D eigenvalue weighted by Crippen LogP contribution is -2.46. The lowest BCUT2D eigenvalue weighted by atomic mass is 10.2. The van der Waals surface area contributed by atoms with E-state index in [0.29, 0.717) is 6.04 Å². The van der Waals surface area contributed by atoms with Crippen molar-refractivity contribution in [3.63, 3.8) is 0 Å². The van der Waals surface area contributed by atoms with E-state index in [1.807, 2.05) is 12.1 Å². The summed E-state index contributed by atoms with van der Waals surface area (Å²) in [4.78, 5) is 4.85. The molecule has 1 atom stereocenters. The molecule has 0 amide bonds. The lowest BCUT2D eigenvalue weighted by molar-refractivity contribution is 0.238. The monoisotopic (exact) mass is 292 g/mol. The van der Waals surface area contributed by atoms with Crippen LogP contribution in [-0.4, -0.2) is 63.3 Å². The van der Waals surface area contributed by atoms with Crippen LogP contribution in [0.5, 0.6) is 0 Å². The summed E-state index contributed by atoms with van der Waals surface area (Å²) in [6.45, 7) is 8.81. The Morgan fingerprint density at radius 2 is 1.90 bits per heavy atom. The molecule has 0 aromatic heterocycles. The van der Waals surface area contributed by atoms with E-state index in [1.165, 1.54) is 6.42 Å². The van der Waals surface area contributed by atoms with Gasteiger partial charge in [0.2, 0.25) is 0 Å². The normalized spacial score (nSPS) is 23.7. The van der Waals surface area contributed by atoms with Crippen molar-refractivity contribution in [2.45, 2.75) is 12.5 Å². The van der Waals surface area contributed by atoms with E-state index in [9.17, 15) is 4.39 Å². The number of benzene rings is 1. The summed E-state index contributed by atoms with van der Waals surface area (Å²) in [6.07, 6.45) is 1.17. The standard InChI is InChI=1S/C16H25FN4/c17-14-1-3-16(4-2-14)21-9-5-15(13-21)19-8-12-20-10-6-18-7-11-20/h1-4,15,18-19H,5-13H2. The zero-order valence-electron chi connectivity index (χ0n) is 12.5. The van der Waals surface area contributed by atoms with Crippen molar-refractivity contribution in [2.75, 3.05) is 57.3 Å². The van der Waals surface area contributed by atoms with E-state index < -0.39 is 0 Å². The Bertz CT molecular complexity index is 430. The second-order valence-electron chi connectivity index (χ2n) is 5.95. The number of hydrogen-bond donors (Lipinski definition) is 2. The molecular weight excluding hydrogens is 267 g/mol. The summed E-state index contributed by atoms with van der Waals surface area (Å²) in [7, 11) is 0. The van der Waals surface area contributed by atoms with Crippen LogP contribution < -0.4 is 15.5 Å². The molecule has 21 heavy (non-hydrogen) atoms. The Labute approximate surface area is 126 Å². The van der Waals surface area contributed by atoms with E-state index >= 15 is 0 Å². The average Bonchev–Trinajstić information content (AvgIpc) is 2.98. The summed E-state index contributed by atoms with van der Waals surface area (Å²) in [6, 6.07) is 7.38. The van der Waals surface area contributed by atoms with Gasteiger partial charge in [0, 0.05) is 64.1 Å². The van der Waals surface area contributed by atoms with Gasteiger partial charge < -0.3 is 15.5 Å². The highest BCUT2D eigenvalue weighted by molar-refractivity contribution is 5.47. The third-order valence-corrected chi connectivity index (χ3v) is 4.45. The number of nitrogens with zero attached hydrogens (tertiary/aromatic N) is 2. The Balaban J connectivity index is 1.39. The summed E-state index contributed by atoms with van der Waals surface area (Å²) in [5, 5.41) is 7.04. The van der Waals surface area contributed by atoms with Gasteiger partial charge in [-0.05, 0) is 30.7 Å². The average molecular weight is 292 g/mol. The quantitative estimate of drug-likeness (QED) is 0.844. The maximum absolute atomic E-state index is 13.0. The van der Waals surface area contributed by atoms with Crippen LogP contribution in [0.3, 0.4) is 0 Å². The van der Waals surface area contributed by atoms with Crippen molar-refractivity contribution in [1.29, 1.82) is 0 Å². The molecule has 2 N–H and O–H groups in total. The molecular formula is C16H25FN4. The molecule has 4 nitrogen and oxygen atoms in total. The minimum Gasteiger partial charge on any atom is -0.370 e. The number of anilines is 1. The fourth-order valence-electron chi connectivity index (χ4n) is 3.17. The van der Waals surface area contributed by atoms with Gasteiger partial charge in [-0.25, -0.2) is 4.39 Å². The minimum atomic E-state index is -0.163. The fraction of sp³-hybridized carbons (Fsp3) is 0.625. The van der Waals surface area contributed by atoms with Gasteiger partial charge in [0.25, 0.3) is 0 Å². The van der Waals surface area contributed by atoms with Crippen LogP contribution in [0.15, 0.2) is 24.3 Å². The molecule has 0 radical (unpaired) electrons. The molecule has 0 aliphatic carbocycles. The summed E-state index contributed by atoms with van der Waals surface area (Å²) in [5.41, 5.74) is 1.13. The van der Waals surface area contributed by atoms with Crippen molar-refractivity contribution in [1.82, 2.24) is 15.5 Å². The van der Waals surface area contributed by atoms with Gasteiger partial charge in [0.15, 0.2) is 0 Å². The van der Waals surface area contributed by atoms with Gasteiger partial charge >= 0.3 is 0 Å². The molecule has 2 heterocycles. The molecule has 0 bridgehead atoms. The molecule has 1 aromatic carbocycles. The number of rotatable bonds is 5. The minimum absolute atomic E-state index is 0.163. The van der Waals surface area contributed by atoms with Crippen LogP contribution >= 0.6 is 0 Å². The molecule has 2 aliphatic rings. The molecule has 0 spiro atoms. The first-order valence-electron chi connectivity index (χ1n) is 7.98. The maximum atomic E-state index is 13.0. The van der Waals surface area contributed by atoms with Crippen LogP contribution in [0.25, 0.3) is 0 Å². The largest absolute Gasteiger partial charge is 0.370 e. The van der Waals surface area contributed by atoms with Gasteiger partial charge in [-0.15, -0.1) is 0 Å². The first kappa shape index (κ1) is 14.8. The van der Waals surface area contributed by atoms with Gasteiger partial charge in [-0.2, -0.15) is 0 Å². The van der Waals surface area contributed by atoms with E-state index in [4.69, 9.17) is 0 Å². The molecule has 3 rings (SSSR count). The fourth-order valence-corrected chi connectivity index (χ4v) is 3.17. The first-order chi connectivity index (χ1) is 10.3. The van der Waals surface area contributed by atoms with Crippen LogP contribution in [-0.2, 0) is 0 Å². The van der Waals surface area contributed by atoms with E-state index in [0.717, 1.165) is 58.0 Å². The highest BCUT2D eigenvalue weighted by Crippen LogP contribution is 2.20. The molecule has 0 saturated carbocycles. The smallest absolute Gasteiger partial charge is 0.123 e. The van der Waals surface area contributed by atoms with Crippen molar-refractivity contribution in [2.24, 2.45) is 0 Å². The SMILES string of the molecule is Fc1ccc(N2CCC(NCCN3CCNCC3)C2)cc1. The number of halogens is 1. The number of nitrogens with one attached hydrogen (secondary N) is 2. The lowest BCUT2D eigenvalue weighted by Gasteiger charge is -2.27. The zero-order valence-corrected chi connectivity index (χ0v) is 12.5. The third kappa shape index (κ3) is 4.15. The van der Waals surface area contributed by atoms with Gasteiger partial charge in [0.05, 0.1) is 0 Å². The maximum Gasteiger partial charge on any atom is 0.123 e. The molecule has 2 aliphatic heterocycles. The second kappa shape index (κ2) is 7.20. The Morgan fingerprint density at radius 3 is 2.67 bits per heavy atom. The zero-order chi connectivity index (χ0) is 14.5. The van der Waals surface area contributed by atoms with Crippen molar-refractivity contribution in [3.8, 4) is 0 Å². The molecule has 1 unspecified atom stereocenters. The van der Waals surface area contributed by atoms with Crippen LogP contribution in [0.4, 0.5) is 10.1 Å². The topological polar surface area (TPSA) is 30.5 Å². The molecule has 5 heteroatoms. The predicted molar refractivity (Wildman–Crippen MR) is 84.3 cm³/mol. The van der Waals surface area contributed by atoms with E-state index in [-0.39, 0.29) is 5.82 Å². The van der Waals surface area contributed by atoms with Gasteiger partial charge in [-0.1, -0.05) is 0 Å². The highest BCUT2D eigenvalue weighted by Gasteiger charge is 2.22. The van der Waals surface area contributed by atoms with Crippen molar-refractivity contribution in [3.05, 3.63) is 30.1 Å². The summed E-state index contributed by atoms with van der Waals surface area (Å²) >= 11 is 0.